The zero-order valence-corrected chi connectivity index (χ0v) is 26.7. The summed E-state index contributed by atoms with van der Waals surface area (Å²) in [5.41, 5.74) is 15.7. The maximum Gasteiger partial charge on any atom is 0.164 e. The molecule has 50 heavy (non-hydrogen) atoms. The highest BCUT2D eigenvalue weighted by atomic mass is 15.5. The first-order valence-corrected chi connectivity index (χ1v) is 16.5. The quantitative estimate of drug-likeness (QED) is 0.206. The minimum atomic E-state index is 0.631. The molecule has 0 spiro atoms. The van der Waals surface area contributed by atoms with Crippen molar-refractivity contribution in [1.29, 1.82) is 0 Å². The summed E-state index contributed by atoms with van der Waals surface area (Å²) in [6.45, 7) is 0. The van der Waals surface area contributed by atoms with E-state index in [-0.39, 0.29) is 0 Å². The summed E-state index contributed by atoms with van der Waals surface area (Å²) in [6.07, 6.45) is 1.85. The molecular weight excluding hydrogens is 615 g/mol. The lowest BCUT2D eigenvalue weighted by molar-refractivity contribution is 1.07. The fourth-order valence-corrected chi connectivity index (χ4v) is 6.82. The van der Waals surface area contributed by atoms with Crippen molar-refractivity contribution in [3.63, 3.8) is 0 Å². The zero-order chi connectivity index (χ0) is 33.0. The van der Waals surface area contributed by atoms with Crippen molar-refractivity contribution >= 4 is 33.8 Å². The van der Waals surface area contributed by atoms with Gasteiger partial charge in [-0.3, -0.25) is 10.4 Å². The number of nitrogens with zero attached hydrogens (tertiary/aromatic N) is 6. The van der Waals surface area contributed by atoms with Gasteiger partial charge in [-0.25, -0.2) is 25.0 Å². The van der Waals surface area contributed by atoms with E-state index < -0.39 is 0 Å². The Labute approximate surface area is 288 Å². The minimum absolute atomic E-state index is 0.631. The van der Waals surface area contributed by atoms with E-state index in [2.05, 4.69) is 77.2 Å². The van der Waals surface area contributed by atoms with E-state index in [1.807, 2.05) is 91.1 Å². The number of rotatable bonds is 4. The summed E-state index contributed by atoms with van der Waals surface area (Å²) in [4.78, 5) is 24.6. The highest BCUT2D eigenvalue weighted by molar-refractivity contribution is 6.26. The number of anilines is 2. The Kier molecular flexibility index (Phi) is 6.35. The fourth-order valence-electron chi connectivity index (χ4n) is 6.82. The van der Waals surface area contributed by atoms with Crippen LogP contribution in [0.25, 0.3) is 67.3 Å². The van der Waals surface area contributed by atoms with Crippen molar-refractivity contribution in [1.82, 2.24) is 19.9 Å². The molecule has 6 aromatic carbocycles. The Hall–Kier alpha value is -6.99. The van der Waals surface area contributed by atoms with Gasteiger partial charge in [-0.1, -0.05) is 121 Å². The number of nitrogens with one attached hydrogen (secondary N) is 1. The smallest absolute Gasteiger partial charge is 0.164 e. The van der Waals surface area contributed by atoms with E-state index in [0.29, 0.717) is 17.5 Å². The predicted octanol–water partition coefficient (Wildman–Crippen LogP) is 9.99. The Morgan fingerprint density at radius 1 is 0.480 bits per heavy atom. The number of amidine groups is 1. The number of aromatic nitrogens is 4. The molecule has 234 valence electrons. The van der Waals surface area contributed by atoms with E-state index in [9.17, 15) is 0 Å². The molecule has 2 aliphatic heterocycles. The Morgan fingerprint density at radius 3 is 1.82 bits per heavy atom. The second-order valence-corrected chi connectivity index (χ2v) is 12.3. The summed E-state index contributed by atoms with van der Waals surface area (Å²) in [7, 11) is 0. The van der Waals surface area contributed by atoms with Crippen molar-refractivity contribution in [2.24, 2.45) is 4.99 Å². The molecule has 1 N–H and O–H groups in total. The molecule has 2 aliphatic rings. The lowest BCUT2D eigenvalue weighted by atomic mass is 9.88. The van der Waals surface area contributed by atoms with Crippen molar-refractivity contribution in [2.45, 2.75) is 0 Å². The fraction of sp³-hybridized carbons (Fsp3) is 0. The van der Waals surface area contributed by atoms with E-state index in [0.717, 1.165) is 78.3 Å². The number of benzene rings is 6. The van der Waals surface area contributed by atoms with Gasteiger partial charge in [0.05, 0.1) is 28.1 Å². The number of hydrazine groups is 1. The first kappa shape index (κ1) is 28.1. The molecule has 0 aliphatic carbocycles. The Morgan fingerprint density at radius 2 is 1.10 bits per heavy atom. The normalized spacial score (nSPS) is 12.6. The van der Waals surface area contributed by atoms with Gasteiger partial charge < -0.3 is 0 Å². The van der Waals surface area contributed by atoms with Crippen LogP contribution in [-0.2, 0) is 0 Å². The van der Waals surface area contributed by atoms with E-state index in [4.69, 9.17) is 24.9 Å². The first-order valence-electron chi connectivity index (χ1n) is 16.5. The third-order valence-corrected chi connectivity index (χ3v) is 9.28. The monoisotopic (exact) mass is 641 g/mol. The lowest BCUT2D eigenvalue weighted by Crippen LogP contribution is -2.41. The van der Waals surface area contributed by atoms with Gasteiger partial charge in [0, 0.05) is 33.8 Å². The molecule has 7 heteroatoms. The molecule has 0 radical (unpaired) electrons. The molecule has 0 amide bonds. The summed E-state index contributed by atoms with van der Waals surface area (Å²) in [5, 5.41) is 3.17. The lowest BCUT2D eigenvalue weighted by Gasteiger charge is -2.37. The Balaban J connectivity index is 1.07. The van der Waals surface area contributed by atoms with Crippen LogP contribution in [0.4, 0.5) is 17.1 Å². The third kappa shape index (κ3) is 4.64. The molecule has 0 unspecified atom stereocenters. The molecule has 8 aromatic rings. The predicted molar refractivity (Wildman–Crippen MR) is 201 cm³/mol. The van der Waals surface area contributed by atoms with Crippen LogP contribution in [-0.4, -0.2) is 25.8 Å². The third-order valence-electron chi connectivity index (χ3n) is 9.28. The van der Waals surface area contributed by atoms with Gasteiger partial charge in [0.2, 0.25) is 0 Å². The molecule has 10 rings (SSSR count). The maximum absolute atomic E-state index is 5.15. The van der Waals surface area contributed by atoms with E-state index >= 15 is 0 Å². The van der Waals surface area contributed by atoms with Gasteiger partial charge in [-0.2, -0.15) is 0 Å². The van der Waals surface area contributed by atoms with Gasteiger partial charge in [-0.15, -0.1) is 0 Å². The van der Waals surface area contributed by atoms with Crippen LogP contribution < -0.4 is 10.4 Å². The highest BCUT2D eigenvalue weighted by Gasteiger charge is 2.33. The van der Waals surface area contributed by atoms with Gasteiger partial charge in [0.1, 0.15) is 0 Å². The van der Waals surface area contributed by atoms with Crippen LogP contribution in [0.1, 0.15) is 5.56 Å². The van der Waals surface area contributed by atoms with Crippen LogP contribution >= 0.6 is 0 Å². The summed E-state index contributed by atoms with van der Waals surface area (Å²) in [6, 6.07) is 51.7. The molecule has 0 saturated heterocycles. The van der Waals surface area contributed by atoms with Crippen molar-refractivity contribution in [3.05, 3.63) is 163 Å². The maximum atomic E-state index is 5.15. The van der Waals surface area contributed by atoms with Crippen LogP contribution in [0.2, 0.25) is 0 Å². The zero-order valence-electron chi connectivity index (χ0n) is 26.7. The summed E-state index contributed by atoms with van der Waals surface area (Å²) >= 11 is 0. The number of hydrogen-bond donors (Lipinski definition) is 1. The van der Waals surface area contributed by atoms with Crippen LogP contribution in [0.5, 0.6) is 0 Å². The van der Waals surface area contributed by atoms with Crippen molar-refractivity contribution in [3.8, 4) is 56.4 Å². The van der Waals surface area contributed by atoms with E-state index in [1.165, 1.54) is 0 Å². The number of fused-ring (bicyclic) bond motifs is 9. The molecule has 0 fully saturated rings. The van der Waals surface area contributed by atoms with Crippen LogP contribution in [0.15, 0.2) is 163 Å². The topological polar surface area (TPSA) is 79.2 Å². The second kappa shape index (κ2) is 11.3. The summed E-state index contributed by atoms with van der Waals surface area (Å²) in [5.74, 6) is 2.76. The number of hydrogen-bond acceptors (Lipinski definition) is 7. The van der Waals surface area contributed by atoms with Gasteiger partial charge in [0.15, 0.2) is 23.3 Å². The largest absolute Gasteiger partial charge is 0.290 e. The first-order chi connectivity index (χ1) is 24.8. The standard InChI is InChI=1S/C43H27N7/c1-3-10-29(11-4-1)40-46-41(30-12-5-2-6-13-30)48-42(47-40)31-19-17-27(18-20-31)32-22-24-37-34(26-32)33-23-21-28-14-9-25-44-39(28)38(33)43-45-35-15-7-8-16-36(35)49-50(37)43/h1-26,49H. The second-order valence-electron chi connectivity index (χ2n) is 12.3. The average Bonchev–Trinajstić information content (AvgIpc) is 3.20. The minimum Gasteiger partial charge on any atom is -0.290 e. The number of aliphatic imine (C=N–C) groups is 1. The SMILES string of the molecule is c1ccc(-c2nc(-c3ccccc3)nc(-c3ccc(-c4ccc5c(c4)-c4ccc6cccnc6c4C4=Nc6ccccc6NN45)cc3)n2)cc1. The molecule has 7 nitrogen and oxygen atoms in total. The molecule has 0 saturated carbocycles. The van der Waals surface area contributed by atoms with Crippen LogP contribution in [0.3, 0.4) is 0 Å². The van der Waals surface area contributed by atoms with Gasteiger partial charge >= 0.3 is 0 Å². The molecule has 0 atom stereocenters. The van der Waals surface area contributed by atoms with E-state index in [1.54, 1.807) is 0 Å². The molecule has 0 bridgehead atoms. The van der Waals surface area contributed by atoms with Crippen molar-refractivity contribution in [2.75, 3.05) is 10.4 Å². The number of pyridine rings is 1. The molecule has 4 heterocycles. The van der Waals surface area contributed by atoms with Crippen molar-refractivity contribution < 1.29 is 0 Å². The number of para-hydroxylation sites is 2. The average molecular weight is 642 g/mol. The highest BCUT2D eigenvalue weighted by Crippen LogP contribution is 2.46. The molecular formula is C43H27N7. The van der Waals surface area contributed by atoms with Gasteiger partial charge in [-0.05, 0) is 47.0 Å². The molecule has 2 aromatic heterocycles. The summed E-state index contributed by atoms with van der Waals surface area (Å²) < 4.78 is 0. The van der Waals surface area contributed by atoms with Crippen LogP contribution in [0, 0.1) is 0 Å². The van der Waals surface area contributed by atoms with Gasteiger partial charge in [0.25, 0.3) is 0 Å². The Bertz CT molecular complexity index is 2560.